The molecule has 0 atom stereocenters. The minimum absolute atomic E-state index is 0.857. The lowest BCUT2D eigenvalue weighted by molar-refractivity contribution is 0.310. The maximum absolute atomic E-state index is 6.13. The molecule has 2 aromatic rings. The van der Waals surface area contributed by atoms with E-state index in [1.54, 1.807) is 0 Å². The highest BCUT2D eigenvalue weighted by Crippen LogP contribution is 2.27. The fraction of sp³-hybridized carbons (Fsp3) is 0.588. The van der Waals surface area contributed by atoms with Gasteiger partial charge in [-0.3, -0.25) is 0 Å². The summed E-state index contributed by atoms with van der Waals surface area (Å²) in [7, 11) is 2.18. The van der Waals surface area contributed by atoms with Gasteiger partial charge in [-0.25, -0.2) is 4.98 Å². The van der Waals surface area contributed by atoms with E-state index in [9.17, 15) is 0 Å². The van der Waals surface area contributed by atoms with Crippen molar-refractivity contribution in [3.8, 4) is 0 Å². The van der Waals surface area contributed by atoms with Crippen molar-refractivity contribution in [2.75, 3.05) is 43.9 Å². The van der Waals surface area contributed by atoms with Crippen molar-refractivity contribution < 1.29 is 0 Å². The van der Waals surface area contributed by atoms with Crippen LogP contribution in [0.4, 0.5) is 11.6 Å². The number of benzene rings is 1. The Morgan fingerprint density at radius 2 is 1.91 bits per heavy atom. The largest absolute Gasteiger partial charge is 0.398 e. The van der Waals surface area contributed by atoms with Crippen molar-refractivity contribution in [3.05, 3.63) is 17.7 Å². The van der Waals surface area contributed by atoms with Crippen molar-refractivity contribution in [1.82, 2.24) is 14.5 Å². The first-order valence-electron chi connectivity index (χ1n) is 8.30. The first kappa shape index (κ1) is 15.2. The summed E-state index contributed by atoms with van der Waals surface area (Å²) in [5.41, 5.74) is 10.3. The summed E-state index contributed by atoms with van der Waals surface area (Å²) in [4.78, 5) is 9.72. The van der Waals surface area contributed by atoms with Crippen LogP contribution >= 0.6 is 0 Å². The number of aromatic nitrogens is 2. The van der Waals surface area contributed by atoms with Crippen LogP contribution in [0.25, 0.3) is 11.0 Å². The molecular formula is C17H27N5. The second kappa shape index (κ2) is 6.16. The fourth-order valence-corrected chi connectivity index (χ4v) is 3.06. The molecule has 1 aliphatic rings. The highest BCUT2D eigenvalue weighted by molar-refractivity contribution is 5.83. The third kappa shape index (κ3) is 2.77. The summed E-state index contributed by atoms with van der Waals surface area (Å²) < 4.78 is 2.36. The highest BCUT2D eigenvalue weighted by Gasteiger charge is 2.21. The van der Waals surface area contributed by atoms with Crippen LogP contribution in [0.1, 0.15) is 25.3 Å². The molecule has 22 heavy (non-hydrogen) atoms. The van der Waals surface area contributed by atoms with Crippen LogP contribution in [0, 0.1) is 6.92 Å². The van der Waals surface area contributed by atoms with Gasteiger partial charge in [-0.2, -0.15) is 0 Å². The van der Waals surface area contributed by atoms with E-state index < -0.39 is 0 Å². The van der Waals surface area contributed by atoms with Gasteiger partial charge in [0.15, 0.2) is 0 Å². The molecule has 1 aromatic carbocycles. The quantitative estimate of drug-likeness (QED) is 0.882. The average Bonchev–Trinajstić information content (AvgIpc) is 2.84. The second-order valence-corrected chi connectivity index (χ2v) is 6.40. The number of piperazine rings is 1. The Morgan fingerprint density at radius 1 is 1.18 bits per heavy atom. The third-order valence-corrected chi connectivity index (χ3v) is 4.64. The fourth-order valence-electron chi connectivity index (χ4n) is 3.06. The van der Waals surface area contributed by atoms with Gasteiger partial charge in [0.25, 0.3) is 0 Å². The Balaban J connectivity index is 2.03. The number of nitrogen functional groups attached to an aromatic ring is 1. The van der Waals surface area contributed by atoms with Crippen LogP contribution in [0.15, 0.2) is 12.1 Å². The maximum atomic E-state index is 6.13. The molecular weight excluding hydrogens is 274 g/mol. The predicted molar refractivity (Wildman–Crippen MR) is 93.5 cm³/mol. The van der Waals surface area contributed by atoms with E-state index in [0.717, 1.165) is 55.4 Å². The maximum Gasteiger partial charge on any atom is 0.206 e. The van der Waals surface area contributed by atoms with E-state index in [0.29, 0.717) is 0 Å². The molecule has 0 amide bonds. The van der Waals surface area contributed by atoms with E-state index in [2.05, 4.69) is 47.4 Å². The Hall–Kier alpha value is -1.75. The number of nitrogens with two attached hydrogens (primary N) is 1. The topological polar surface area (TPSA) is 50.3 Å². The molecule has 2 heterocycles. The third-order valence-electron chi connectivity index (χ3n) is 4.64. The zero-order chi connectivity index (χ0) is 15.7. The molecule has 2 N–H and O–H groups in total. The number of fused-ring (bicyclic) bond motifs is 1. The van der Waals surface area contributed by atoms with Gasteiger partial charge in [0.05, 0.1) is 11.0 Å². The number of likely N-dealkylation sites (N-methyl/N-ethyl adjacent to an activating group) is 1. The molecule has 3 rings (SSSR count). The highest BCUT2D eigenvalue weighted by atomic mass is 15.3. The van der Waals surface area contributed by atoms with Crippen LogP contribution in [0.5, 0.6) is 0 Å². The molecule has 0 radical (unpaired) electrons. The van der Waals surface area contributed by atoms with Gasteiger partial charge in [0.2, 0.25) is 5.95 Å². The molecule has 1 saturated heterocycles. The molecule has 0 unspecified atom stereocenters. The van der Waals surface area contributed by atoms with Gasteiger partial charge in [0.1, 0.15) is 0 Å². The van der Waals surface area contributed by atoms with Crippen molar-refractivity contribution in [3.63, 3.8) is 0 Å². The van der Waals surface area contributed by atoms with Gasteiger partial charge in [-0.05, 0) is 38.1 Å². The van der Waals surface area contributed by atoms with Crippen molar-refractivity contribution in [2.45, 2.75) is 33.2 Å². The number of aryl methyl sites for hydroxylation is 2. The summed E-state index contributed by atoms with van der Waals surface area (Å²) in [5.74, 6) is 1.11. The monoisotopic (exact) mass is 301 g/mol. The normalized spacial score (nSPS) is 16.6. The zero-order valence-electron chi connectivity index (χ0n) is 14.0. The Bertz CT molecular complexity index is 653. The summed E-state index contributed by atoms with van der Waals surface area (Å²) in [6.07, 6.45) is 2.35. The van der Waals surface area contributed by atoms with Crippen LogP contribution in [-0.2, 0) is 6.54 Å². The van der Waals surface area contributed by atoms with E-state index in [4.69, 9.17) is 10.7 Å². The van der Waals surface area contributed by atoms with E-state index >= 15 is 0 Å². The lowest BCUT2D eigenvalue weighted by Crippen LogP contribution is -2.45. The summed E-state index contributed by atoms with van der Waals surface area (Å²) in [6, 6.07) is 4.21. The van der Waals surface area contributed by atoms with Crippen molar-refractivity contribution in [2.24, 2.45) is 0 Å². The molecule has 1 aliphatic heterocycles. The lowest BCUT2D eigenvalue weighted by Gasteiger charge is -2.33. The molecule has 0 spiro atoms. The lowest BCUT2D eigenvalue weighted by atomic mass is 10.2. The first-order valence-corrected chi connectivity index (χ1v) is 8.30. The minimum atomic E-state index is 0.857. The van der Waals surface area contributed by atoms with Crippen LogP contribution < -0.4 is 10.6 Å². The summed E-state index contributed by atoms with van der Waals surface area (Å²) in [6.45, 7) is 9.57. The standard InChI is InChI=1S/C17H27N5/c1-4-5-6-22-16-12-14(18)13(2)11-15(16)19-17(22)21-9-7-20(3)8-10-21/h11-12H,4-10,18H2,1-3H3. The molecule has 1 fully saturated rings. The molecule has 120 valence electrons. The van der Waals surface area contributed by atoms with Crippen LogP contribution in [0.2, 0.25) is 0 Å². The van der Waals surface area contributed by atoms with E-state index in [1.807, 2.05) is 0 Å². The number of anilines is 2. The summed E-state index contributed by atoms with van der Waals surface area (Å²) >= 11 is 0. The Labute approximate surface area is 132 Å². The average molecular weight is 301 g/mol. The second-order valence-electron chi connectivity index (χ2n) is 6.40. The van der Waals surface area contributed by atoms with E-state index in [-0.39, 0.29) is 0 Å². The smallest absolute Gasteiger partial charge is 0.206 e. The zero-order valence-corrected chi connectivity index (χ0v) is 14.0. The molecule has 0 bridgehead atoms. The number of hydrogen-bond donors (Lipinski definition) is 1. The Kier molecular flexibility index (Phi) is 4.25. The first-order chi connectivity index (χ1) is 10.6. The molecule has 0 saturated carbocycles. The molecule has 0 aliphatic carbocycles. The van der Waals surface area contributed by atoms with Gasteiger partial charge in [0, 0.05) is 38.4 Å². The number of unbranched alkanes of at least 4 members (excludes halogenated alkanes) is 1. The Morgan fingerprint density at radius 3 is 2.59 bits per heavy atom. The van der Waals surface area contributed by atoms with Gasteiger partial charge in [-0.1, -0.05) is 13.3 Å². The molecule has 1 aromatic heterocycles. The van der Waals surface area contributed by atoms with Crippen LogP contribution in [0.3, 0.4) is 0 Å². The molecule has 5 heteroatoms. The summed E-state index contributed by atoms with van der Waals surface area (Å²) in [5, 5.41) is 0. The predicted octanol–water partition coefficient (Wildman–Crippen LogP) is 2.48. The van der Waals surface area contributed by atoms with Crippen molar-refractivity contribution in [1.29, 1.82) is 0 Å². The van der Waals surface area contributed by atoms with Crippen molar-refractivity contribution >= 4 is 22.7 Å². The number of imidazole rings is 1. The van der Waals surface area contributed by atoms with E-state index in [1.165, 1.54) is 18.4 Å². The SMILES string of the molecule is CCCCn1c(N2CCN(C)CC2)nc2cc(C)c(N)cc21. The molecule has 5 nitrogen and oxygen atoms in total. The number of rotatable bonds is 4. The van der Waals surface area contributed by atoms with Gasteiger partial charge >= 0.3 is 0 Å². The number of nitrogens with zero attached hydrogens (tertiary/aromatic N) is 4. The van der Waals surface area contributed by atoms with Gasteiger partial charge in [-0.15, -0.1) is 0 Å². The van der Waals surface area contributed by atoms with Gasteiger partial charge < -0.3 is 20.1 Å². The number of hydrogen-bond acceptors (Lipinski definition) is 4. The van der Waals surface area contributed by atoms with Crippen LogP contribution in [-0.4, -0.2) is 47.7 Å². The minimum Gasteiger partial charge on any atom is -0.398 e.